The maximum atomic E-state index is 11.7. The summed E-state index contributed by atoms with van der Waals surface area (Å²) >= 11 is 0. The SMILES string of the molecule is O=S(=O)(F)CCNCC(F)(F)F. The Morgan fingerprint density at radius 2 is 1.75 bits per heavy atom. The summed E-state index contributed by atoms with van der Waals surface area (Å²) in [7, 11) is -4.67. The lowest BCUT2D eigenvalue weighted by Gasteiger charge is -2.05. The second-order valence-corrected chi connectivity index (χ2v) is 3.52. The van der Waals surface area contributed by atoms with Gasteiger partial charge in [-0.25, -0.2) is 0 Å². The Kier molecular flexibility index (Phi) is 3.91. The van der Waals surface area contributed by atoms with Gasteiger partial charge in [0.2, 0.25) is 0 Å². The maximum Gasteiger partial charge on any atom is 0.401 e. The molecule has 0 aromatic carbocycles. The molecule has 0 saturated heterocycles. The molecule has 0 fully saturated rings. The van der Waals surface area contributed by atoms with Gasteiger partial charge in [-0.15, -0.1) is 3.89 Å². The van der Waals surface area contributed by atoms with E-state index in [4.69, 9.17) is 0 Å². The predicted molar refractivity (Wildman–Crippen MR) is 33.8 cm³/mol. The summed E-state index contributed by atoms with van der Waals surface area (Å²) in [5.41, 5.74) is 0. The molecule has 0 spiro atoms. The fraction of sp³-hybridized carbons (Fsp3) is 1.00. The maximum absolute atomic E-state index is 11.7. The molecule has 0 saturated carbocycles. The van der Waals surface area contributed by atoms with E-state index in [9.17, 15) is 25.5 Å². The molecule has 3 nitrogen and oxygen atoms in total. The molecule has 0 heterocycles. The Bertz CT molecular complexity index is 222. The van der Waals surface area contributed by atoms with Gasteiger partial charge < -0.3 is 5.32 Å². The Balaban J connectivity index is 3.48. The minimum Gasteiger partial charge on any atom is -0.308 e. The number of hydrogen-bond donors (Lipinski definition) is 1. The van der Waals surface area contributed by atoms with Crippen LogP contribution in [0.15, 0.2) is 0 Å². The quantitative estimate of drug-likeness (QED) is 0.415. The van der Waals surface area contributed by atoms with Crippen LogP contribution in [0.1, 0.15) is 0 Å². The molecular weight excluding hydrogens is 202 g/mol. The third-order valence-corrected chi connectivity index (χ3v) is 1.54. The van der Waals surface area contributed by atoms with Crippen LogP contribution in [0, 0.1) is 0 Å². The van der Waals surface area contributed by atoms with Crippen molar-refractivity contribution in [2.24, 2.45) is 0 Å². The second-order valence-electron chi connectivity index (χ2n) is 2.03. The lowest BCUT2D eigenvalue weighted by atomic mass is 10.6. The lowest BCUT2D eigenvalue weighted by molar-refractivity contribution is -0.124. The predicted octanol–water partition coefficient (Wildman–Crippen LogP) is 0.438. The molecule has 0 amide bonds. The molecule has 12 heavy (non-hydrogen) atoms. The summed E-state index contributed by atoms with van der Waals surface area (Å²) in [5, 5.41) is 1.74. The van der Waals surface area contributed by atoms with Crippen molar-refractivity contribution in [1.29, 1.82) is 0 Å². The van der Waals surface area contributed by atoms with E-state index in [2.05, 4.69) is 0 Å². The number of nitrogens with one attached hydrogen (secondary N) is 1. The standard InChI is InChI=1S/C4H7F4NO2S/c5-4(6,7)3-9-1-2-12(8,10)11/h9H,1-3H2. The van der Waals surface area contributed by atoms with E-state index in [0.717, 1.165) is 0 Å². The van der Waals surface area contributed by atoms with Crippen LogP contribution >= 0.6 is 0 Å². The van der Waals surface area contributed by atoms with Crippen molar-refractivity contribution in [1.82, 2.24) is 5.32 Å². The first-order valence-electron chi connectivity index (χ1n) is 2.90. The van der Waals surface area contributed by atoms with E-state index < -0.39 is 35.2 Å². The van der Waals surface area contributed by atoms with Crippen molar-refractivity contribution >= 4 is 10.2 Å². The van der Waals surface area contributed by atoms with Crippen molar-refractivity contribution in [2.45, 2.75) is 6.18 Å². The van der Waals surface area contributed by atoms with Gasteiger partial charge in [-0.05, 0) is 0 Å². The van der Waals surface area contributed by atoms with E-state index in [1.165, 1.54) is 0 Å². The highest BCUT2D eigenvalue weighted by molar-refractivity contribution is 7.86. The third-order valence-electron chi connectivity index (χ3n) is 0.848. The topological polar surface area (TPSA) is 46.2 Å². The fourth-order valence-corrected chi connectivity index (χ4v) is 0.812. The first-order valence-corrected chi connectivity index (χ1v) is 4.46. The molecule has 0 aromatic rings. The van der Waals surface area contributed by atoms with Gasteiger partial charge in [-0.2, -0.15) is 21.6 Å². The molecule has 0 aliphatic heterocycles. The van der Waals surface area contributed by atoms with Crippen LogP contribution < -0.4 is 5.32 Å². The summed E-state index contributed by atoms with van der Waals surface area (Å²) in [6, 6.07) is 0. The largest absolute Gasteiger partial charge is 0.401 e. The van der Waals surface area contributed by atoms with Crippen molar-refractivity contribution in [2.75, 3.05) is 18.8 Å². The summed E-state index contributed by atoms with van der Waals surface area (Å²) in [5.74, 6) is -0.941. The number of alkyl halides is 3. The van der Waals surface area contributed by atoms with Crippen molar-refractivity contribution in [3.05, 3.63) is 0 Å². The zero-order valence-electron chi connectivity index (χ0n) is 5.86. The molecule has 1 N–H and O–H groups in total. The number of rotatable bonds is 4. The van der Waals surface area contributed by atoms with E-state index >= 15 is 0 Å². The molecule has 74 valence electrons. The monoisotopic (exact) mass is 209 g/mol. The van der Waals surface area contributed by atoms with Gasteiger partial charge in [-0.1, -0.05) is 0 Å². The summed E-state index contributed by atoms with van der Waals surface area (Å²) < 4.78 is 65.3. The lowest BCUT2D eigenvalue weighted by Crippen LogP contribution is -2.31. The van der Waals surface area contributed by atoms with Gasteiger partial charge in [0.05, 0.1) is 12.3 Å². The highest BCUT2D eigenvalue weighted by Gasteiger charge is 2.26. The first kappa shape index (κ1) is 11.6. The van der Waals surface area contributed by atoms with Crippen LogP contribution in [-0.4, -0.2) is 33.4 Å². The molecular formula is C4H7F4NO2S. The molecule has 0 rings (SSSR count). The van der Waals surface area contributed by atoms with E-state index in [1.54, 1.807) is 5.32 Å². The second kappa shape index (κ2) is 4.04. The highest BCUT2D eigenvalue weighted by Crippen LogP contribution is 2.11. The van der Waals surface area contributed by atoms with Crippen LogP contribution in [0.2, 0.25) is 0 Å². The van der Waals surface area contributed by atoms with Crippen molar-refractivity contribution in [3.63, 3.8) is 0 Å². The summed E-state index contributed by atoms with van der Waals surface area (Å²) in [6.45, 7) is -1.86. The Hall–Kier alpha value is -0.370. The van der Waals surface area contributed by atoms with Gasteiger partial charge in [-0.3, -0.25) is 0 Å². The van der Waals surface area contributed by atoms with Crippen molar-refractivity contribution in [3.8, 4) is 0 Å². The van der Waals surface area contributed by atoms with Crippen LogP contribution in [-0.2, 0) is 10.2 Å². The normalized spacial score (nSPS) is 13.3. The van der Waals surface area contributed by atoms with E-state index in [1.807, 2.05) is 0 Å². The fourth-order valence-electron chi connectivity index (χ4n) is 0.424. The van der Waals surface area contributed by atoms with Crippen LogP contribution in [0.5, 0.6) is 0 Å². The Morgan fingerprint density at radius 1 is 1.25 bits per heavy atom. The Morgan fingerprint density at radius 3 is 2.08 bits per heavy atom. The molecule has 8 heteroatoms. The minimum atomic E-state index is -4.67. The summed E-state index contributed by atoms with van der Waals surface area (Å²) in [6.07, 6.45) is -4.40. The van der Waals surface area contributed by atoms with Gasteiger partial charge in [0.1, 0.15) is 0 Å². The van der Waals surface area contributed by atoms with Gasteiger partial charge in [0.15, 0.2) is 0 Å². The summed E-state index contributed by atoms with van der Waals surface area (Å²) in [4.78, 5) is 0. The average Bonchev–Trinajstić information content (AvgIpc) is 1.76. The zero-order valence-corrected chi connectivity index (χ0v) is 6.67. The molecule has 0 bridgehead atoms. The van der Waals surface area contributed by atoms with Gasteiger partial charge in [0.25, 0.3) is 0 Å². The van der Waals surface area contributed by atoms with Crippen molar-refractivity contribution < 1.29 is 25.5 Å². The van der Waals surface area contributed by atoms with Crippen LogP contribution in [0.25, 0.3) is 0 Å². The molecule has 0 aromatic heterocycles. The number of halogens is 4. The van der Waals surface area contributed by atoms with E-state index in [-0.39, 0.29) is 0 Å². The molecule has 0 aliphatic carbocycles. The molecule has 0 atom stereocenters. The number of hydrogen-bond acceptors (Lipinski definition) is 3. The Labute approximate surface area is 67.0 Å². The first-order chi connectivity index (χ1) is 5.21. The van der Waals surface area contributed by atoms with Gasteiger partial charge >= 0.3 is 16.4 Å². The zero-order chi connectivity index (χ0) is 9.83. The third kappa shape index (κ3) is 9.63. The smallest absolute Gasteiger partial charge is 0.308 e. The van der Waals surface area contributed by atoms with Crippen LogP contribution in [0.4, 0.5) is 17.1 Å². The molecule has 0 aliphatic rings. The minimum absolute atomic E-state index is 0.543. The molecule has 0 radical (unpaired) electrons. The average molecular weight is 209 g/mol. The molecule has 0 unspecified atom stereocenters. The van der Waals surface area contributed by atoms with Crippen LogP contribution in [0.3, 0.4) is 0 Å². The highest BCUT2D eigenvalue weighted by atomic mass is 32.3. The van der Waals surface area contributed by atoms with Gasteiger partial charge in [0, 0.05) is 6.54 Å². The van der Waals surface area contributed by atoms with E-state index in [0.29, 0.717) is 0 Å².